The topological polar surface area (TPSA) is 88.3 Å². The third-order valence-electron chi connectivity index (χ3n) is 3.51. The fraction of sp³-hybridized carbons (Fsp3) is 0.444. The molecule has 146 valence electrons. The van der Waals surface area contributed by atoms with Crippen LogP contribution in [-0.4, -0.2) is 40.4 Å². The second kappa shape index (κ2) is 8.24. The van der Waals surface area contributed by atoms with Crippen molar-refractivity contribution in [3.05, 3.63) is 47.1 Å². The van der Waals surface area contributed by atoms with E-state index in [1.165, 1.54) is 6.07 Å². The molecule has 1 N–H and O–H groups in total. The number of amides is 2. The molecule has 0 saturated heterocycles. The minimum absolute atomic E-state index is 0.0550. The van der Waals surface area contributed by atoms with E-state index in [1.807, 2.05) is 20.8 Å². The van der Waals surface area contributed by atoms with Gasteiger partial charge in [0.25, 0.3) is 11.8 Å². The molecule has 0 aliphatic carbocycles. The van der Waals surface area contributed by atoms with Crippen LogP contribution in [0.25, 0.3) is 0 Å². The van der Waals surface area contributed by atoms with Crippen molar-refractivity contribution < 1.29 is 22.9 Å². The average Bonchev–Trinajstić information content (AvgIpc) is 3.07. The molecule has 0 saturated carbocycles. The van der Waals surface area contributed by atoms with E-state index in [0.29, 0.717) is 12.1 Å². The fourth-order valence-electron chi connectivity index (χ4n) is 2.48. The standard InChI is InChI=1S/C18H22F2N4O3/c1-18(2,3)10-24(4)17(26)12-7-5-6-11(8-12)16(25)21-9-13-22-15(14(19)20)23-27-13/h5-8,14H,9-10H2,1-4H3,(H,21,25). The van der Waals surface area contributed by atoms with E-state index in [0.717, 1.165) is 0 Å². The van der Waals surface area contributed by atoms with Crippen LogP contribution in [0.2, 0.25) is 0 Å². The second-order valence-corrected chi connectivity index (χ2v) is 7.33. The van der Waals surface area contributed by atoms with E-state index < -0.39 is 18.2 Å². The Labute approximate surface area is 155 Å². The summed E-state index contributed by atoms with van der Waals surface area (Å²) in [5.41, 5.74) is 0.589. The van der Waals surface area contributed by atoms with Gasteiger partial charge in [-0.05, 0) is 23.6 Å². The van der Waals surface area contributed by atoms with Crippen LogP contribution in [0.4, 0.5) is 8.78 Å². The highest BCUT2D eigenvalue weighted by Gasteiger charge is 2.20. The van der Waals surface area contributed by atoms with Crippen LogP contribution in [0, 0.1) is 5.41 Å². The first kappa shape index (κ1) is 20.5. The molecule has 0 bridgehead atoms. The second-order valence-electron chi connectivity index (χ2n) is 7.33. The summed E-state index contributed by atoms with van der Waals surface area (Å²) < 4.78 is 29.5. The maximum atomic E-state index is 12.5. The lowest BCUT2D eigenvalue weighted by Gasteiger charge is -2.26. The summed E-state index contributed by atoms with van der Waals surface area (Å²) in [7, 11) is 1.70. The van der Waals surface area contributed by atoms with Crippen molar-refractivity contribution in [3.8, 4) is 0 Å². The van der Waals surface area contributed by atoms with Crippen molar-refractivity contribution in [1.82, 2.24) is 20.4 Å². The minimum Gasteiger partial charge on any atom is -0.343 e. The van der Waals surface area contributed by atoms with Gasteiger partial charge in [-0.25, -0.2) is 8.78 Å². The summed E-state index contributed by atoms with van der Waals surface area (Å²) >= 11 is 0. The first-order valence-corrected chi connectivity index (χ1v) is 8.31. The first-order chi connectivity index (χ1) is 12.6. The van der Waals surface area contributed by atoms with Crippen molar-refractivity contribution in [1.29, 1.82) is 0 Å². The van der Waals surface area contributed by atoms with E-state index in [1.54, 1.807) is 30.1 Å². The zero-order valence-electron chi connectivity index (χ0n) is 15.6. The monoisotopic (exact) mass is 380 g/mol. The summed E-state index contributed by atoms with van der Waals surface area (Å²) in [6.45, 7) is 6.44. The molecule has 7 nitrogen and oxygen atoms in total. The van der Waals surface area contributed by atoms with E-state index in [9.17, 15) is 18.4 Å². The molecule has 9 heteroatoms. The van der Waals surface area contributed by atoms with Gasteiger partial charge in [0.05, 0.1) is 6.54 Å². The zero-order valence-corrected chi connectivity index (χ0v) is 15.6. The molecule has 27 heavy (non-hydrogen) atoms. The van der Waals surface area contributed by atoms with Crippen LogP contribution < -0.4 is 5.32 Å². The van der Waals surface area contributed by atoms with Gasteiger partial charge in [-0.3, -0.25) is 9.59 Å². The minimum atomic E-state index is -2.84. The van der Waals surface area contributed by atoms with E-state index in [2.05, 4.69) is 20.0 Å². The molecular formula is C18H22F2N4O3. The van der Waals surface area contributed by atoms with Gasteiger partial charge in [-0.2, -0.15) is 4.98 Å². The Kier molecular flexibility index (Phi) is 6.24. The highest BCUT2D eigenvalue weighted by atomic mass is 19.3. The molecule has 1 aromatic carbocycles. The number of alkyl halides is 2. The van der Waals surface area contributed by atoms with Crippen LogP contribution in [0.1, 0.15) is 59.6 Å². The summed E-state index contributed by atoms with van der Waals surface area (Å²) in [6.07, 6.45) is -2.84. The van der Waals surface area contributed by atoms with Gasteiger partial charge in [0.1, 0.15) is 0 Å². The zero-order chi connectivity index (χ0) is 20.2. The number of carbonyl (C=O) groups is 2. The SMILES string of the molecule is CN(CC(C)(C)C)C(=O)c1cccc(C(=O)NCc2nc(C(F)F)no2)c1. The van der Waals surface area contributed by atoms with Crippen LogP contribution >= 0.6 is 0 Å². The van der Waals surface area contributed by atoms with Gasteiger partial charge in [-0.15, -0.1) is 0 Å². The van der Waals surface area contributed by atoms with Gasteiger partial charge in [-0.1, -0.05) is 32.0 Å². The van der Waals surface area contributed by atoms with Crippen LogP contribution in [-0.2, 0) is 6.54 Å². The third kappa shape index (κ3) is 5.83. The van der Waals surface area contributed by atoms with Crippen molar-refractivity contribution in [2.24, 2.45) is 5.41 Å². The molecule has 2 amide bonds. The van der Waals surface area contributed by atoms with Crippen LogP contribution in [0.5, 0.6) is 0 Å². The van der Waals surface area contributed by atoms with Gasteiger partial charge >= 0.3 is 6.43 Å². The number of hydrogen-bond donors (Lipinski definition) is 1. The number of nitrogens with zero attached hydrogens (tertiary/aromatic N) is 3. The molecule has 0 radical (unpaired) electrons. The lowest BCUT2D eigenvalue weighted by atomic mass is 9.96. The Hall–Kier alpha value is -2.84. The third-order valence-corrected chi connectivity index (χ3v) is 3.51. The highest BCUT2D eigenvalue weighted by Crippen LogP contribution is 2.17. The largest absolute Gasteiger partial charge is 0.343 e. The van der Waals surface area contributed by atoms with Gasteiger partial charge in [0, 0.05) is 24.7 Å². The van der Waals surface area contributed by atoms with Crippen LogP contribution in [0.3, 0.4) is 0 Å². The molecule has 0 unspecified atom stereocenters. The van der Waals surface area contributed by atoms with Crippen molar-refractivity contribution in [2.45, 2.75) is 33.7 Å². The summed E-state index contributed by atoms with van der Waals surface area (Å²) in [4.78, 5) is 29.9. The fourth-order valence-corrected chi connectivity index (χ4v) is 2.48. The molecule has 2 aromatic rings. The Bertz CT molecular complexity index is 815. The number of aromatic nitrogens is 2. The molecule has 2 rings (SSSR count). The quantitative estimate of drug-likeness (QED) is 0.832. The molecule has 0 fully saturated rings. The number of nitrogens with one attached hydrogen (secondary N) is 1. The Balaban J connectivity index is 2.02. The maximum absolute atomic E-state index is 12.5. The molecular weight excluding hydrogens is 358 g/mol. The molecule has 0 atom stereocenters. The maximum Gasteiger partial charge on any atom is 0.300 e. The van der Waals surface area contributed by atoms with Crippen LogP contribution in [0.15, 0.2) is 28.8 Å². The van der Waals surface area contributed by atoms with Crippen molar-refractivity contribution in [2.75, 3.05) is 13.6 Å². The summed E-state index contributed by atoms with van der Waals surface area (Å²) in [5, 5.41) is 5.61. The summed E-state index contributed by atoms with van der Waals surface area (Å²) in [5.74, 6) is -1.54. The van der Waals surface area contributed by atoms with Gasteiger partial charge in [0.2, 0.25) is 11.7 Å². The van der Waals surface area contributed by atoms with Gasteiger partial charge < -0.3 is 14.7 Å². The first-order valence-electron chi connectivity index (χ1n) is 8.31. The van der Waals surface area contributed by atoms with E-state index >= 15 is 0 Å². The van der Waals surface area contributed by atoms with E-state index in [4.69, 9.17) is 0 Å². The predicted octanol–water partition coefficient (Wildman–Crippen LogP) is 3.06. The highest BCUT2D eigenvalue weighted by molar-refractivity contribution is 5.99. The average molecular weight is 380 g/mol. The molecule has 0 aliphatic heterocycles. The van der Waals surface area contributed by atoms with E-state index in [-0.39, 0.29) is 29.3 Å². The summed E-state index contributed by atoms with van der Waals surface area (Å²) in [6, 6.07) is 6.27. The number of rotatable bonds is 6. The number of benzene rings is 1. The van der Waals surface area contributed by atoms with Gasteiger partial charge in [0.15, 0.2) is 0 Å². The smallest absolute Gasteiger partial charge is 0.300 e. The molecule has 0 spiro atoms. The lowest BCUT2D eigenvalue weighted by molar-refractivity contribution is 0.0745. The molecule has 1 heterocycles. The Morgan fingerprint density at radius 2 is 1.93 bits per heavy atom. The van der Waals surface area contributed by atoms with Crippen molar-refractivity contribution >= 4 is 11.8 Å². The predicted molar refractivity (Wildman–Crippen MR) is 93.3 cm³/mol. The van der Waals surface area contributed by atoms with Crippen molar-refractivity contribution in [3.63, 3.8) is 0 Å². The normalized spacial score (nSPS) is 11.5. The number of halogens is 2. The Morgan fingerprint density at radius 3 is 2.52 bits per heavy atom. The number of hydrogen-bond acceptors (Lipinski definition) is 5. The lowest BCUT2D eigenvalue weighted by Crippen LogP contribution is -2.34. The number of carbonyl (C=O) groups excluding carboxylic acids is 2. The molecule has 1 aromatic heterocycles. The molecule has 0 aliphatic rings. The Morgan fingerprint density at radius 1 is 1.26 bits per heavy atom.